The Labute approximate surface area is 209 Å². The average molecular weight is 489 g/mol. The van der Waals surface area contributed by atoms with E-state index in [2.05, 4.69) is 19.9 Å². The third-order valence-electron chi connectivity index (χ3n) is 6.17. The zero-order valence-corrected chi connectivity index (χ0v) is 20.8. The molecule has 8 nitrogen and oxygen atoms in total. The van der Waals surface area contributed by atoms with Crippen LogP contribution in [0.3, 0.4) is 0 Å². The van der Waals surface area contributed by atoms with Gasteiger partial charge in [0.15, 0.2) is 5.65 Å². The number of anilines is 1. The van der Waals surface area contributed by atoms with Crippen molar-refractivity contribution >= 4 is 22.9 Å². The molecule has 1 amide bonds. The lowest BCUT2D eigenvalue weighted by atomic mass is 10.0. The smallest absolute Gasteiger partial charge is 0.410 e. The summed E-state index contributed by atoms with van der Waals surface area (Å²) in [4.78, 5) is 30.2. The molecule has 1 aliphatic heterocycles. The Kier molecular flexibility index (Phi) is 6.07. The summed E-state index contributed by atoms with van der Waals surface area (Å²) in [5.41, 5.74) is 1.23. The van der Waals surface area contributed by atoms with Gasteiger partial charge in [-0.25, -0.2) is 24.1 Å². The van der Waals surface area contributed by atoms with Crippen LogP contribution in [0.4, 0.5) is 15.0 Å². The lowest BCUT2D eigenvalue weighted by molar-refractivity contribution is 0.0218. The van der Waals surface area contributed by atoms with E-state index in [4.69, 9.17) is 4.74 Å². The number of hydrogen-bond donors (Lipinski definition) is 0. The number of carbonyl (C=O) groups is 1. The maximum Gasteiger partial charge on any atom is 0.410 e. The van der Waals surface area contributed by atoms with Gasteiger partial charge in [0, 0.05) is 49.2 Å². The van der Waals surface area contributed by atoms with Crippen LogP contribution in [0.15, 0.2) is 61.2 Å². The van der Waals surface area contributed by atoms with Crippen molar-refractivity contribution in [1.82, 2.24) is 24.4 Å². The van der Waals surface area contributed by atoms with Gasteiger partial charge in [-0.2, -0.15) is 0 Å². The van der Waals surface area contributed by atoms with Crippen molar-refractivity contribution < 1.29 is 13.9 Å². The molecule has 1 aliphatic rings. The molecule has 0 aliphatic carbocycles. The van der Waals surface area contributed by atoms with E-state index < -0.39 is 5.60 Å². The van der Waals surface area contributed by atoms with E-state index in [0.29, 0.717) is 48.0 Å². The predicted octanol–water partition coefficient (Wildman–Crippen LogP) is 5.07. The lowest BCUT2D eigenvalue weighted by Crippen LogP contribution is -2.54. The first kappa shape index (κ1) is 23.7. The molecule has 1 saturated heterocycles. The Bertz CT molecular complexity index is 1400. The fourth-order valence-corrected chi connectivity index (χ4v) is 4.58. The van der Waals surface area contributed by atoms with Crippen LogP contribution >= 0.6 is 0 Å². The van der Waals surface area contributed by atoms with Crippen molar-refractivity contribution in [2.45, 2.75) is 39.3 Å². The molecule has 186 valence electrons. The van der Waals surface area contributed by atoms with Crippen molar-refractivity contribution in [3.63, 3.8) is 0 Å². The lowest BCUT2D eigenvalue weighted by Gasteiger charge is -2.41. The van der Waals surface area contributed by atoms with Crippen molar-refractivity contribution in [2.75, 3.05) is 24.5 Å². The molecule has 36 heavy (non-hydrogen) atoms. The Morgan fingerprint density at radius 2 is 1.81 bits per heavy atom. The van der Waals surface area contributed by atoms with Crippen molar-refractivity contribution in [2.24, 2.45) is 0 Å². The second-order valence-electron chi connectivity index (χ2n) is 9.95. The molecule has 1 aromatic carbocycles. The van der Waals surface area contributed by atoms with Gasteiger partial charge in [0.05, 0.1) is 5.39 Å². The maximum absolute atomic E-state index is 15.0. The summed E-state index contributed by atoms with van der Waals surface area (Å²) in [6.45, 7) is 9.15. The third-order valence-corrected chi connectivity index (χ3v) is 6.17. The van der Waals surface area contributed by atoms with E-state index in [1.165, 1.54) is 12.4 Å². The van der Waals surface area contributed by atoms with Crippen LogP contribution < -0.4 is 4.90 Å². The minimum Gasteiger partial charge on any atom is -0.444 e. The van der Waals surface area contributed by atoms with Crippen LogP contribution in [0.25, 0.3) is 28.0 Å². The van der Waals surface area contributed by atoms with Crippen molar-refractivity contribution in [3.8, 4) is 16.9 Å². The Morgan fingerprint density at radius 1 is 1.03 bits per heavy atom. The highest BCUT2D eigenvalue weighted by atomic mass is 19.1. The average Bonchev–Trinajstić information content (AvgIpc) is 3.24. The van der Waals surface area contributed by atoms with Gasteiger partial charge in [-0.15, -0.1) is 0 Å². The van der Waals surface area contributed by atoms with E-state index in [1.54, 1.807) is 23.2 Å². The van der Waals surface area contributed by atoms with Gasteiger partial charge in [0.1, 0.15) is 29.4 Å². The van der Waals surface area contributed by atoms with E-state index in [-0.39, 0.29) is 18.0 Å². The molecule has 3 aromatic heterocycles. The molecule has 1 atom stereocenters. The standard InChI is InChI=1S/C27H29FN6O2/c1-18-15-32(26(35)36-27(2,3)4)13-14-33(18)24-23-20(19-9-5-6-10-21(19)28)16-34(25(23)31-17-30-24)22-11-7-8-12-29-22/h5-12,16-18H,13-15H2,1-4H3/t18-/m0/s1. The molecule has 4 heterocycles. The minimum absolute atomic E-state index is 0.0453. The molecule has 0 unspecified atom stereocenters. The van der Waals surface area contributed by atoms with Crippen molar-refractivity contribution in [3.05, 3.63) is 67.0 Å². The monoisotopic (exact) mass is 488 g/mol. The van der Waals surface area contributed by atoms with E-state index >= 15 is 4.39 Å². The van der Waals surface area contributed by atoms with Crippen LogP contribution in [0.1, 0.15) is 27.7 Å². The first-order chi connectivity index (χ1) is 17.2. The summed E-state index contributed by atoms with van der Waals surface area (Å²) >= 11 is 0. The number of pyridine rings is 1. The van der Waals surface area contributed by atoms with Crippen LogP contribution in [-0.2, 0) is 4.74 Å². The number of fused-ring (bicyclic) bond motifs is 1. The molecule has 0 spiro atoms. The highest BCUT2D eigenvalue weighted by molar-refractivity contribution is 6.02. The fourth-order valence-electron chi connectivity index (χ4n) is 4.58. The van der Waals surface area contributed by atoms with Crippen LogP contribution in [-0.4, -0.2) is 61.8 Å². The largest absolute Gasteiger partial charge is 0.444 e. The molecular formula is C27H29FN6O2. The highest BCUT2D eigenvalue weighted by Gasteiger charge is 2.32. The predicted molar refractivity (Wildman–Crippen MR) is 137 cm³/mol. The summed E-state index contributed by atoms with van der Waals surface area (Å²) in [6.07, 6.45) is 4.78. The summed E-state index contributed by atoms with van der Waals surface area (Å²) < 4.78 is 22.4. The topological polar surface area (TPSA) is 76.4 Å². The molecular weight excluding hydrogens is 459 g/mol. The molecule has 0 bridgehead atoms. The van der Waals surface area contributed by atoms with Gasteiger partial charge in [0.25, 0.3) is 0 Å². The number of hydrogen-bond acceptors (Lipinski definition) is 6. The molecule has 0 radical (unpaired) electrons. The number of ether oxygens (including phenoxy) is 1. The summed E-state index contributed by atoms with van der Waals surface area (Å²) in [6, 6.07) is 12.3. The number of piperazine rings is 1. The number of halogens is 1. The highest BCUT2D eigenvalue weighted by Crippen LogP contribution is 2.38. The van der Waals surface area contributed by atoms with Crippen LogP contribution in [0.5, 0.6) is 0 Å². The maximum atomic E-state index is 15.0. The fraction of sp³-hybridized carbons (Fsp3) is 0.333. The first-order valence-corrected chi connectivity index (χ1v) is 12.0. The molecule has 9 heteroatoms. The zero-order valence-electron chi connectivity index (χ0n) is 20.8. The van der Waals surface area contributed by atoms with Gasteiger partial charge in [0.2, 0.25) is 0 Å². The van der Waals surface area contributed by atoms with Gasteiger partial charge in [-0.3, -0.25) is 4.57 Å². The number of aromatic nitrogens is 4. The SMILES string of the molecule is C[C@H]1CN(C(=O)OC(C)(C)C)CCN1c1ncnc2c1c(-c1ccccc1F)cn2-c1ccccn1. The second kappa shape index (κ2) is 9.22. The van der Waals surface area contributed by atoms with E-state index in [9.17, 15) is 4.79 Å². The van der Waals surface area contributed by atoms with Gasteiger partial charge in [-0.05, 0) is 45.9 Å². The molecule has 4 aromatic rings. The van der Waals surface area contributed by atoms with Crippen LogP contribution in [0.2, 0.25) is 0 Å². The Morgan fingerprint density at radius 3 is 2.50 bits per heavy atom. The summed E-state index contributed by atoms with van der Waals surface area (Å²) in [5, 5.41) is 0.742. The van der Waals surface area contributed by atoms with E-state index in [0.717, 1.165) is 5.39 Å². The number of amides is 1. The number of benzene rings is 1. The zero-order chi connectivity index (χ0) is 25.4. The molecule has 5 rings (SSSR count). The minimum atomic E-state index is -0.556. The first-order valence-electron chi connectivity index (χ1n) is 12.0. The number of nitrogens with zero attached hydrogens (tertiary/aromatic N) is 6. The van der Waals surface area contributed by atoms with E-state index in [1.807, 2.05) is 62.7 Å². The normalized spacial score (nSPS) is 16.4. The second-order valence-corrected chi connectivity index (χ2v) is 9.95. The van der Waals surface area contributed by atoms with Gasteiger partial charge >= 0.3 is 6.09 Å². The molecule has 0 saturated carbocycles. The van der Waals surface area contributed by atoms with Gasteiger partial charge < -0.3 is 14.5 Å². The number of rotatable bonds is 3. The molecule has 0 N–H and O–H groups in total. The van der Waals surface area contributed by atoms with Crippen molar-refractivity contribution in [1.29, 1.82) is 0 Å². The Balaban J connectivity index is 1.59. The summed E-state index contributed by atoms with van der Waals surface area (Å²) in [5.74, 6) is 1.05. The quantitative estimate of drug-likeness (QED) is 0.401. The van der Waals surface area contributed by atoms with Gasteiger partial charge in [-0.1, -0.05) is 24.3 Å². The third kappa shape index (κ3) is 4.48. The van der Waals surface area contributed by atoms with Crippen LogP contribution in [0, 0.1) is 5.82 Å². The number of carbonyl (C=O) groups excluding carboxylic acids is 1. The Hall–Kier alpha value is -4.01. The summed E-state index contributed by atoms with van der Waals surface area (Å²) in [7, 11) is 0. The molecule has 1 fully saturated rings.